The van der Waals surface area contributed by atoms with Crippen molar-refractivity contribution < 1.29 is 4.39 Å². The third kappa shape index (κ3) is 6.73. The minimum atomic E-state index is -0.210. The molecule has 1 saturated carbocycles. The number of thiocarbonyl (C=S) groups is 1. The maximum atomic E-state index is 13.5. The maximum absolute atomic E-state index is 13.5. The number of anilines is 2. The molecular formula is C27H32FN7S2. The zero-order valence-electron chi connectivity index (χ0n) is 20.8. The second-order valence-corrected chi connectivity index (χ2v) is 11.1. The molecule has 1 aliphatic carbocycles. The lowest BCUT2D eigenvalue weighted by Gasteiger charge is -2.30. The normalized spacial score (nSPS) is 17.3. The Morgan fingerprint density at radius 3 is 2.38 bits per heavy atom. The lowest BCUT2D eigenvalue weighted by molar-refractivity contribution is 0.434. The molecule has 3 heterocycles. The third-order valence-electron chi connectivity index (χ3n) is 7.19. The molecule has 0 bridgehead atoms. The standard InChI is InChI=1S/C27H32FN7S2/c28-21-10-8-20(9-11-21)27(12-3-4-13-27)19-31-25(36)34-24-32-22(35-16-5-1-2-6-17-35)18-23(33-24)37-26-29-14-7-15-30-26/h7-11,14-15,18H,1-6,12-13,16-17,19H2,(H2,31,32,33,34,36). The van der Waals surface area contributed by atoms with Crippen molar-refractivity contribution >= 4 is 40.9 Å². The van der Waals surface area contributed by atoms with Gasteiger partial charge in [-0.05, 0) is 73.4 Å². The molecule has 0 atom stereocenters. The minimum Gasteiger partial charge on any atom is -0.361 e. The van der Waals surface area contributed by atoms with Gasteiger partial charge >= 0.3 is 0 Å². The molecular weight excluding hydrogens is 505 g/mol. The molecule has 0 amide bonds. The zero-order valence-corrected chi connectivity index (χ0v) is 22.5. The van der Waals surface area contributed by atoms with Crippen LogP contribution < -0.4 is 15.5 Å². The Morgan fingerprint density at radius 2 is 1.68 bits per heavy atom. The van der Waals surface area contributed by atoms with Gasteiger partial charge in [0.2, 0.25) is 5.95 Å². The van der Waals surface area contributed by atoms with E-state index in [-0.39, 0.29) is 11.2 Å². The van der Waals surface area contributed by atoms with E-state index in [1.54, 1.807) is 30.6 Å². The second kappa shape index (κ2) is 12.1. The van der Waals surface area contributed by atoms with E-state index in [9.17, 15) is 4.39 Å². The summed E-state index contributed by atoms with van der Waals surface area (Å²) in [5.41, 5.74) is 1.10. The molecule has 2 aliphatic rings. The molecule has 7 nitrogen and oxygen atoms in total. The van der Waals surface area contributed by atoms with Gasteiger partial charge < -0.3 is 15.5 Å². The topological polar surface area (TPSA) is 78.9 Å². The fraction of sp³-hybridized carbons (Fsp3) is 0.444. The molecule has 0 radical (unpaired) electrons. The van der Waals surface area contributed by atoms with Crippen LogP contribution in [0.1, 0.15) is 56.9 Å². The van der Waals surface area contributed by atoms with E-state index in [4.69, 9.17) is 22.2 Å². The Bertz CT molecular complexity index is 1180. The van der Waals surface area contributed by atoms with Crippen molar-refractivity contribution in [3.05, 3.63) is 60.2 Å². The van der Waals surface area contributed by atoms with Crippen molar-refractivity contribution in [2.24, 2.45) is 0 Å². The highest BCUT2D eigenvalue weighted by molar-refractivity contribution is 7.99. The van der Waals surface area contributed by atoms with E-state index in [2.05, 4.69) is 25.5 Å². The molecule has 2 aromatic heterocycles. The summed E-state index contributed by atoms with van der Waals surface area (Å²) in [5.74, 6) is 1.14. The number of hydrogen-bond donors (Lipinski definition) is 2. The Kier molecular flexibility index (Phi) is 8.45. The molecule has 3 aromatic rings. The number of nitrogens with zero attached hydrogens (tertiary/aromatic N) is 5. The van der Waals surface area contributed by atoms with Crippen LogP contribution >= 0.6 is 24.0 Å². The first-order valence-corrected chi connectivity index (χ1v) is 14.2. The van der Waals surface area contributed by atoms with Crippen molar-refractivity contribution in [2.75, 3.05) is 29.9 Å². The summed E-state index contributed by atoms with van der Waals surface area (Å²) in [5, 5.41) is 8.51. The molecule has 1 aliphatic heterocycles. The van der Waals surface area contributed by atoms with Gasteiger partial charge in [-0.1, -0.05) is 37.8 Å². The van der Waals surface area contributed by atoms with Crippen LogP contribution in [0.25, 0.3) is 0 Å². The molecule has 10 heteroatoms. The van der Waals surface area contributed by atoms with Crippen LogP contribution in [0.5, 0.6) is 0 Å². The summed E-state index contributed by atoms with van der Waals surface area (Å²) in [6.45, 7) is 2.63. The van der Waals surface area contributed by atoms with E-state index in [0.29, 0.717) is 22.8 Å². The molecule has 0 unspecified atom stereocenters. The van der Waals surface area contributed by atoms with Crippen molar-refractivity contribution in [2.45, 2.75) is 67.0 Å². The first kappa shape index (κ1) is 25.8. The van der Waals surface area contributed by atoms with Crippen molar-refractivity contribution in [3.63, 3.8) is 0 Å². The average Bonchev–Trinajstić information content (AvgIpc) is 3.22. The number of benzene rings is 1. The van der Waals surface area contributed by atoms with Gasteiger partial charge in [-0.15, -0.1) is 0 Å². The summed E-state index contributed by atoms with van der Waals surface area (Å²) in [7, 11) is 0. The first-order valence-electron chi connectivity index (χ1n) is 13.0. The molecule has 0 spiro atoms. The van der Waals surface area contributed by atoms with Crippen LogP contribution in [0, 0.1) is 5.82 Å². The van der Waals surface area contributed by atoms with Crippen LogP contribution in [0.3, 0.4) is 0 Å². The number of rotatable bonds is 7. The highest BCUT2D eigenvalue weighted by Crippen LogP contribution is 2.40. The quantitative estimate of drug-likeness (QED) is 0.223. The van der Waals surface area contributed by atoms with E-state index >= 15 is 0 Å². The van der Waals surface area contributed by atoms with Gasteiger partial charge in [0.1, 0.15) is 16.7 Å². The maximum Gasteiger partial charge on any atom is 0.232 e. The van der Waals surface area contributed by atoms with E-state index < -0.39 is 0 Å². The van der Waals surface area contributed by atoms with Gasteiger partial charge in [-0.3, -0.25) is 0 Å². The monoisotopic (exact) mass is 537 g/mol. The fourth-order valence-corrected chi connectivity index (χ4v) is 6.11. The second-order valence-electron chi connectivity index (χ2n) is 9.72. The van der Waals surface area contributed by atoms with Gasteiger partial charge in [0.25, 0.3) is 0 Å². The van der Waals surface area contributed by atoms with Gasteiger partial charge in [-0.25, -0.2) is 19.3 Å². The molecule has 37 heavy (non-hydrogen) atoms. The first-order chi connectivity index (χ1) is 18.1. The molecule has 2 N–H and O–H groups in total. The summed E-state index contributed by atoms with van der Waals surface area (Å²) < 4.78 is 13.5. The van der Waals surface area contributed by atoms with Crippen molar-refractivity contribution in [1.29, 1.82) is 0 Å². The van der Waals surface area contributed by atoms with E-state index in [0.717, 1.165) is 68.0 Å². The van der Waals surface area contributed by atoms with Crippen LogP contribution in [-0.4, -0.2) is 44.7 Å². The Hall–Kier alpha value is -2.85. The van der Waals surface area contributed by atoms with Crippen molar-refractivity contribution in [3.8, 4) is 0 Å². The third-order valence-corrected chi connectivity index (χ3v) is 8.25. The number of aromatic nitrogens is 4. The molecule has 2 fully saturated rings. The SMILES string of the molecule is Fc1ccc(C2(CNC(=S)Nc3nc(Sc4ncccn4)cc(N4CCCCCC4)n3)CCCC2)cc1. The van der Waals surface area contributed by atoms with Gasteiger partial charge in [0.05, 0.1) is 0 Å². The fourth-order valence-electron chi connectivity index (χ4n) is 5.23. The predicted molar refractivity (Wildman–Crippen MR) is 150 cm³/mol. The zero-order chi connectivity index (χ0) is 25.5. The van der Waals surface area contributed by atoms with Gasteiger partial charge in [0, 0.05) is 43.5 Å². The smallest absolute Gasteiger partial charge is 0.232 e. The van der Waals surface area contributed by atoms with Crippen LogP contribution in [0.4, 0.5) is 16.2 Å². The van der Waals surface area contributed by atoms with Gasteiger partial charge in [0.15, 0.2) is 10.3 Å². The number of hydrogen-bond acceptors (Lipinski definition) is 7. The summed E-state index contributed by atoms with van der Waals surface area (Å²) >= 11 is 7.09. The van der Waals surface area contributed by atoms with E-state index in [1.807, 2.05) is 18.2 Å². The largest absolute Gasteiger partial charge is 0.361 e. The molecule has 5 rings (SSSR count). The predicted octanol–water partition coefficient (Wildman–Crippen LogP) is 5.74. The number of halogens is 1. The van der Waals surface area contributed by atoms with Crippen molar-refractivity contribution in [1.82, 2.24) is 25.3 Å². The Labute approximate surface area is 227 Å². The van der Waals surface area contributed by atoms with Crippen LogP contribution in [0.2, 0.25) is 0 Å². The molecule has 194 valence electrons. The Balaban J connectivity index is 1.32. The molecule has 1 aromatic carbocycles. The highest BCUT2D eigenvalue weighted by Gasteiger charge is 2.35. The number of nitrogens with one attached hydrogen (secondary N) is 2. The summed E-state index contributed by atoms with van der Waals surface area (Å²) in [6, 6.07) is 10.7. The highest BCUT2D eigenvalue weighted by atomic mass is 32.2. The molecule has 1 saturated heterocycles. The lowest BCUT2D eigenvalue weighted by atomic mass is 9.79. The summed E-state index contributed by atoms with van der Waals surface area (Å²) in [4.78, 5) is 20.5. The summed E-state index contributed by atoms with van der Waals surface area (Å²) in [6.07, 6.45) is 12.7. The minimum absolute atomic E-state index is 0.0557. The average molecular weight is 538 g/mol. The van der Waals surface area contributed by atoms with Crippen LogP contribution in [0.15, 0.2) is 59.0 Å². The van der Waals surface area contributed by atoms with Crippen LogP contribution in [-0.2, 0) is 5.41 Å². The van der Waals surface area contributed by atoms with Gasteiger partial charge in [-0.2, -0.15) is 4.98 Å². The lowest BCUT2D eigenvalue weighted by Crippen LogP contribution is -2.41. The van der Waals surface area contributed by atoms with E-state index in [1.165, 1.54) is 24.6 Å². The Morgan fingerprint density at radius 1 is 0.973 bits per heavy atom.